The first-order chi connectivity index (χ1) is 5.27. The van der Waals surface area contributed by atoms with Gasteiger partial charge >= 0.3 is 0 Å². The normalized spacial score (nSPS) is 23.0. The van der Waals surface area contributed by atoms with Gasteiger partial charge in [0.2, 0.25) is 0 Å². The molecule has 0 radical (unpaired) electrons. The molecule has 3 heteroatoms. The van der Waals surface area contributed by atoms with E-state index in [9.17, 15) is 0 Å². The van der Waals surface area contributed by atoms with Crippen LogP contribution in [-0.4, -0.2) is 23.1 Å². The number of aliphatic imine (C=N–C) groups is 1. The van der Waals surface area contributed by atoms with Gasteiger partial charge in [-0.25, -0.2) is 4.99 Å². The average molecular weight is 149 g/mol. The van der Waals surface area contributed by atoms with E-state index in [0.29, 0.717) is 0 Å². The molecule has 1 fully saturated rings. The van der Waals surface area contributed by atoms with Crippen LogP contribution in [0.1, 0.15) is 19.8 Å². The van der Waals surface area contributed by atoms with Crippen LogP contribution < -0.4 is 0 Å². The van der Waals surface area contributed by atoms with Gasteiger partial charge in [-0.15, -0.1) is 0 Å². The maximum absolute atomic E-state index is 4.34. The zero-order valence-corrected chi connectivity index (χ0v) is 6.67. The van der Waals surface area contributed by atoms with Crippen molar-refractivity contribution in [2.24, 2.45) is 10.1 Å². The second kappa shape index (κ2) is 2.19. The van der Waals surface area contributed by atoms with E-state index in [0.717, 1.165) is 30.2 Å². The Morgan fingerprint density at radius 3 is 3.18 bits per heavy atom. The highest BCUT2D eigenvalue weighted by Gasteiger charge is 2.21. The van der Waals surface area contributed by atoms with E-state index >= 15 is 0 Å². The molecule has 11 heavy (non-hydrogen) atoms. The zero-order chi connectivity index (χ0) is 7.84. The monoisotopic (exact) mass is 149 g/mol. The summed E-state index contributed by atoms with van der Waals surface area (Å²) in [6.45, 7) is 6.77. The topological polar surface area (TPSA) is 28.0 Å². The van der Waals surface area contributed by atoms with Crippen molar-refractivity contribution in [1.29, 1.82) is 0 Å². The van der Waals surface area contributed by atoms with Crippen molar-refractivity contribution in [2.75, 3.05) is 6.54 Å². The summed E-state index contributed by atoms with van der Waals surface area (Å²) in [6.07, 6.45) is 2.22. The predicted molar refractivity (Wildman–Crippen MR) is 45.6 cm³/mol. The van der Waals surface area contributed by atoms with E-state index in [2.05, 4.69) is 16.7 Å². The van der Waals surface area contributed by atoms with Gasteiger partial charge in [0.15, 0.2) is 0 Å². The molecule has 2 heterocycles. The first kappa shape index (κ1) is 6.58. The fourth-order valence-corrected chi connectivity index (χ4v) is 1.34. The first-order valence-electron chi connectivity index (χ1n) is 3.87. The summed E-state index contributed by atoms with van der Waals surface area (Å²) in [4.78, 5) is 4.34. The highest BCUT2D eigenvalue weighted by atomic mass is 15.5. The number of nitrogens with zero attached hydrogens (tertiary/aromatic N) is 3. The standard InChI is InChI=1S/C8H11N3/c1-6-7(2)10-11-5-3-4-8(11)9-6/h1,3-5H2,2H3. The third kappa shape index (κ3) is 0.964. The quantitative estimate of drug-likeness (QED) is 0.511. The average Bonchev–Trinajstić information content (AvgIpc) is 2.36. The van der Waals surface area contributed by atoms with Crippen molar-refractivity contribution in [3.63, 3.8) is 0 Å². The van der Waals surface area contributed by atoms with Crippen LogP contribution >= 0.6 is 0 Å². The molecule has 0 aromatic carbocycles. The lowest BCUT2D eigenvalue weighted by Crippen LogP contribution is -2.24. The number of fused-ring (bicyclic) bond motifs is 1. The third-order valence-corrected chi connectivity index (χ3v) is 2.02. The van der Waals surface area contributed by atoms with Crippen molar-refractivity contribution >= 4 is 11.5 Å². The summed E-state index contributed by atoms with van der Waals surface area (Å²) in [7, 11) is 0. The molecule has 1 saturated heterocycles. The van der Waals surface area contributed by atoms with E-state index in [1.54, 1.807) is 0 Å². The Hall–Kier alpha value is -1.12. The minimum atomic E-state index is 0.818. The fraction of sp³-hybridized carbons (Fsp3) is 0.500. The number of allylic oxidation sites excluding steroid dienone is 1. The number of hydrogen-bond acceptors (Lipinski definition) is 3. The summed E-state index contributed by atoms with van der Waals surface area (Å²) in [5, 5.41) is 6.32. The minimum Gasteiger partial charge on any atom is -0.251 e. The van der Waals surface area contributed by atoms with E-state index in [-0.39, 0.29) is 0 Å². The molecular weight excluding hydrogens is 138 g/mol. The molecule has 0 spiro atoms. The van der Waals surface area contributed by atoms with Gasteiger partial charge in [0.1, 0.15) is 5.84 Å². The Labute approximate surface area is 66.1 Å². The van der Waals surface area contributed by atoms with Crippen LogP contribution in [0.5, 0.6) is 0 Å². The Balaban J connectivity index is 2.33. The Bertz CT molecular complexity index is 263. The lowest BCUT2D eigenvalue weighted by atomic mass is 10.3. The third-order valence-electron chi connectivity index (χ3n) is 2.02. The zero-order valence-electron chi connectivity index (χ0n) is 6.67. The minimum absolute atomic E-state index is 0.818. The molecule has 0 atom stereocenters. The number of rotatable bonds is 0. The molecule has 2 aliphatic rings. The molecule has 2 rings (SSSR count). The van der Waals surface area contributed by atoms with Crippen molar-refractivity contribution in [1.82, 2.24) is 5.01 Å². The molecule has 0 aromatic heterocycles. The lowest BCUT2D eigenvalue weighted by Gasteiger charge is -2.18. The second-order valence-corrected chi connectivity index (χ2v) is 2.89. The maximum Gasteiger partial charge on any atom is 0.125 e. The summed E-state index contributed by atoms with van der Waals surface area (Å²) >= 11 is 0. The number of hydrazone groups is 1. The van der Waals surface area contributed by atoms with E-state index < -0.39 is 0 Å². The number of amidine groups is 1. The Morgan fingerprint density at radius 1 is 1.55 bits per heavy atom. The molecular formula is C8H11N3. The fourth-order valence-electron chi connectivity index (χ4n) is 1.34. The van der Waals surface area contributed by atoms with Gasteiger partial charge in [0.05, 0.1) is 11.4 Å². The molecule has 2 aliphatic heterocycles. The SMILES string of the molecule is C=C1N=C2CCCN2N=C1C. The largest absolute Gasteiger partial charge is 0.251 e. The van der Waals surface area contributed by atoms with Crippen LogP contribution in [-0.2, 0) is 0 Å². The molecule has 0 amide bonds. The Morgan fingerprint density at radius 2 is 2.36 bits per heavy atom. The maximum atomic E-state index is 4.34. The molecule has 0 aromatic rings. The van der Waals surface area contributed by atoms with E-state index in [4.69, 9.17) is 0 Å². The van der Waals surface area contributed by atoms with Crippen LogP contribution in [0.3, 0.4) is 0 Å². The molecule has 3 nitrogen and oxygen atoms in total. The highest BCUT2D eigenvalue weighted by molar-refractivity contribution is 6.03. The van der Waals surface area contributed by atoms with Gasteiger partial charge in [-0.3, -0.25) is 5.01 Å². The summed E-state index contributed by atoms with van der Waals surface area (Å²) in [6, 6.07) is 0. The van der Waals surface area contributed by atoms with Gasteiger partial charge in [0, 0.05) is 13.0 Å². The molecule has 0 aliphatic carbocycles. The Kier molecular flexibility index (Phi) is 1.31. The summed E-state index contributed by atoms with van der Waals surface area (Å²) in [5.41, 5.74) is 1.76. The van der Waals surface area contributed by atoms with Crippen molar-refractivity contribution in [3.8, 4) is 0 Å². The highest BCUT2D eigenvalue weighted by Crippen LogP contribution is 2.18. The van der Waals surface area contributed by atoms with Crippen LogP contribution in [0.15, 0.2) is 22.4 Å². The second-order valence-electron chi connectivity index (χ2n) is 2.89. The first-order valence-corrected chi connectivity index (χ1v) is 3.87. The van der Waals surface area contributed by atoms with Gasteiger partial charge in [-0.2, -0.15) is 5.10 Å². The van der Waals surface area contributed by atoms with E-state index in [1.807, 2.05) is 11.9 Å². The van der Waals surface area contributed by atoms with Gasteiger partial charge < -0.3 is 0 Å². The molecule has 0 bridgehead atoms. The van der Waals surface area contributed by atoms with Crippen LogP contribution in [0.4, 0.5) is 0 Å². The van der Waals surface area contributed by atoms with Gasteiger partial charge in [-0.05, 0) is 13.3 Å². The van der Waals surface area contributed by atoms with Crippen LogP contribution in [0.25, 0.3) is 0 Å². The predicted octanol–water partition coefficient (Wildman–Crippen LogP) is 1.38. The van der Waals surface area contributed by atoms with Crippen molar-refractivity contribution in [2.45, 2.75) is 19.8 Å². The van der Waals surface area contributed by atoms with Crippen molar-refractivity contribution in [3.05, 3.63) is 12.3 Å². The summed E-state index contributed by atoms with van der Waals surface area (Å²) < 4.78 is 0. The van der Waals surface area contributed by atoms with Crippen molar-refractivity contribution < 1.29 is 0 Å². The number of hydrogen-bond donors (Lipinski definition) is 0. The molecule has 58 valence electrons. The van der Waals surface area contributed by atoms with Crippen LogP contribution in [0.2, 0.25) is 0 Å². The van der Waals surface area contributed by atoms with Crippen LogP contribution in [0, 0.1) is 0 Å². The molecule has 0 unspecified atom stereocenters. The van der Waals surface area contributed by atoms with Gasteiger partial charge in [-0.1, -0.05) is 6.58 Å². The smallest absolute Gasteiger partial charge is 0.125 e. The molecule has 0 saturated carbocycles. The van der Waals surface area contributed by atoms with E-state index in [1.165, 1.54) is 6.42 Å². The molecule has 0 N–H and O–H groups in total. The summed E-state index contributed by atoms with van der Waals surface area (Å²) in [5.74, 6) is 1.08. The lowest BCUT2D eigenvalue weighted by molar-refractivity contribution is 0.479. The van der Waals surface area contributed by atoms with Gasteiger partial charge in [0.25, 0.3) is 0 Å².